The SMILES string of the molecule is CC(=O)NCCN(CC(N)=O)C(=O)CN(CCCn1ccnc1)C(=O)CN(CCC(c1ccccc1)c1ccccc1)C(=O)CN(CCC(c1ccccc1)c1ccccc1)C(=O)CNCC1CCCO1. The van der Waals surface area contributed by atoms with Crippen molar-refractivity contribution in [3.8, 4) is 0 Å². The van der Waals surface area contributed by atoms with Crippen LogP contribution in [-0.2, 0) is 40.0 Å². The van der Waals surface area contributed by atoms with Crippen LogP contribution >= 0.6 is 0 Å². The number of aryl methyl sites for hydroxylation is 1. The Hall–Kier alpha value is -7.17. The number of primary amides is 1. The van der Waals surface area contributed by atoms with E-state index in [0.717, 1.165) is 35.1 Å². The Bertz CT molecular complexity index is 2320. The van der Waals surface area contributed by atoms with E-state index >= 15 is 4.79 Å². The highest BCUT2D eigenvalue weighted by molar-refractivity contribution is 5.91. The van der Waals surface area contributed by atoms with Gasteiger partial charge < -0.3 is 45.3 Å². The van der Waals surface area contributed by atoms with Crippen molar-refractivity contribution in [2.75, 3.05) is 78.6 Å². The third-order valence-corrected chi connectivity index (χ3v) is 12.8. The van der Waals surface area contributed by atoms with Crippen molar-refractivity contribution in [2.24, 2.45) is 5.73 Å². The maximum absolute atomic E-state index is 15.1. The molecule has 376 valence electrons. The molecule has 16 heteroatoms. The molecule has 0 bridgehead atoms. The summed E-state index contributed by atoms with van der Waals surface area (Å²) in [7, 11) is 0. The summed E-state index contributed by atoms with van der Waals surface area (Å²) < 4.78 is 7.67. The van der Waals surface area contributed by atoms with Crippen LogP contribution < -0.4 is 16.4 Å². The number of nitrogens with two attached hydrogens (primary N) is 1. The zero-order chi connectivity index (χ0) is 50.2. The molecule has 6 amide bonds. The van der Waals surface area contributed by atoms with Gasteiger partial charge in [-0.25, -0.2) is 4.98 Å². The van der Waals surface area contributed by atoms with Crippen molar-refractivity contribution in [2.45, 2.75) is 63.5 Å². The van der Waals surface area contributed by atoms with Gasteiger partial charge in [-0.15, -0.1) is 0 Å². The van der Waals surface area contributed by atoms with E-state index < -0.39 is 36.7 Å². The van der Waals surface area contributed by atoms with E-state index in [2.05, 4.69) is 39.9 Å². The van der Waals surface area contributed by atoms with Gasteiger partial charge in [0.15, 0.2) is 0 Å². The first-order valence-electron chi connectivity index (χ1n) is 24.7. The molecule has 4 N–H and O–H groups in total. The normalized spacial score (nSPS) is 13.2. The Morgan fingerprint density at radius 2 is 1.11 bits per heavy atom. The molecule has 16 nitrogen and oxygen atoms in total. The summed E-state index contributed by atoms with van der Waals surface area (Å²) in [6, 6.07) is 40.2. The molecule has 1 saturated heterocycles. The van der Waals surface area contributed by atoms with Crippen molar-refractivity contribution in [3.63, 3.8) is 0 Å². The molecular formula is C55H69N9O7. The molecule has 1 fully saturated rings. The van der Waals surface area contributed by atoms with Gasteiger partial charge in [0.05, 0.1) is 45.2 Å². The standard InChI is InChI=1S/C55H69N9O7/c1-43(65)59-28-34-64(38-51(56)66)55(70)39-61(30-15-29-60-33-27-57-42-60)53(68)41-63(32-26-50(46-20-10-4-11-21-46)47-22-12-5-13-23-47)54(69)40-62(52(67)37-58-36-48-24-14-35-71-48)31-25-49(44-16-6-2-7-17-44)45-18-8-3-9-19-45/h2-13,16-23,27,33,42,48-50,58H,14-15,24-26,28-32,34-41H2,1H3,(H2,56,66)(H,59,65). The first-order chi connectivity index (χ1) is 34.5. The van der Waals surface area contributed by atoms with Crippen LogP contribution in [0, 0.1) is 0 Å². The second-order valence-corrected chi connectivity index (χ2v) is 18.0. The monoisotopic (exact) mass is 968 g/mol. The van der Waals surface area contributed by atoms with Gasteiger partial charge in [0.1, 0.15) is 0 Å². The lowest BCUT2D eigenvalue weighted by molar-refractivity contribution is -0.146. The summed E-state index contributed by atoms with van der Waals surface area (Å²) >= 11 is 0. The second-order valence-electron chi connectivity index (χ2n) is 18.0. The van der Waals surface area contributed by atoms with E-state index in [1.807, 2.05) is 102 Å². The molecule has 1 aromatic heterocycles. The Kier molecular flexibility index (Phi) is 21.3. The molecule has 1 aliphatic heterocycles. The minimum atomic E-state index is -0.748. The smallest absolute Gasteiger partial charge is 0.242 e. The Labute approximate surface area is 417 Å². The highest BCUT2D eigenvalue weighted by Gasteiger charge is 2.29. The molecule has 6 rings (SSSR count). The predicted octanol–water partition coefficient (Wildman–Crippen LogP) is 4.42. The lowest BCUT2D eigenvalue weighted by atomic mass is 9.88. The van der Waals surface area contributed by atoms with Gasteiger partial charge >= 0.3 is 0 Å². The molecule has 0 radical (unpaired) electrons. The van der Waals surface area contributed by atoms with Crippen LogP contribution in [0.3, 0.4) is 0 Å². The van der Waals surface area contributed by atoms with Crippen LogP contribution in [0.15, 0.2) is 140 Å². The zero-order valence-electron chi connectivity index (χ0n) is 40.9. The van der Waals surface area contributed by atoms with Gasteiger partial charge in [-0.05, 0) is 54.4 Å². The minimum Gasteiger partial charge on any atom is -0.377 e. The van der Waals surface area contributed by atoms with E-state index in [4.69, 9.17) is 10.5 Å². The summed E-state index contributed by atoms with van der Waals surface area (Å²) in [6.45, 7) is 2.14. The average molecular weight is 968 g/mol. The van der Waals surface area contributed by atoms with Crippen molar-refractivity contribution in [1.29, 1.82) is 0 Å². The van der Waals surface area contributed by atoms with Crippen molar-refractivity contribution >= 4 is 35.4 Å². The fourth-order valence-electron chi connectivity index (χ4n) is 9.00. The first-order valence-corrected chi connectivity index (χ1v) is 24.7. The van der Waals surface area contributed by atoms with Gasteiger partial charge in [-0.2, -0.15) is 0 Å². The highest BCUT2D eigenvalue weighted by Crippen LogP contribution is 2.30. The lowest BCUT2D eigenvalue weighted by Gasteiger charge is -2.32. The van der Waals surface area contributed by atoms with Crippen LogP contribution in [0.25, 0.3) is 0 Å². The number of benzene rings is 4. The topological polar surface area (TPSA) is 193 Å². The van der Waals surface area contributed by atoms with Crippen LogP contribution in [0.4, 0.5) is 0 Å². The summed E-state index contributed by atoms with van der Waals surface area (Å²) in [6.07, 6.45) is 8.42. The van der Waals surface area contributed by atoms with Crippen molar-refractivity contribution in [1.82, 2.24) is 39.8 Å². The molecule has 0 saturated carbocycles. The summed E-state index contributed by atoms with van der Waals surface area (Å²) in [5.41, 5.74) is 9.80. The third kappa shape index (κ3) is 17.6. The summed E-state index contributed by atoms with van der Waals surface area (Å²) in [5.74, 6) is -2.97. The van der Waals surface area contributed by atoms with E-state index in [0.29, 0.717) is 39.0 Å². The quantitative estimate of drug-likeness (QED) is 0.0623. The number of hydrogen-bond donors (Lipinski definition) is 3. The largest absolute Gasteiger partial charge is 0.377 e. The van der Waals surface area contributed by atoms with Gasteiger partial charge in [0.2, 0.25) is 35.4 Å². The predicted molar refractivity (Wildman–Crippen MR) is 272 cm³/mol. The Morgan fingerprint density at radius 1 is 0.648 bits per heavy atom. The average Bonchev–Trinajstić information content (AvgIpc) is 4.12. The Morgan fingerprint density at radius 3 is 1.54 bits per heavy atom. The molecule has 5 aromatic rings. The molecule has 0 spiro atoms. The number of amides is 6. The molecular weight excluding hydrogens is 899 g/mol. The Balaban J connectivity index is 1.29. The van der Waals surface area contributed by atoms with Gasteiger partial charge in [0, 0.05) is 83.6 Å². The van der Waals surface area contributed by atoms with E-state index in [1.54, 1.807) is 23.6 Å². The van der Waals surface area contributed by atoms with Crippen molar-refractivity contribution in [3.05, 3.63) is 162 Å². The molecule has 1 aliphatic rings. The van der Waals surface area contributed by atoms with E-state index in [9.17, 15) is 24.0 Å². The minimum absolute atomic E-state index is 0.00591. The molecule has 4 aromatic carbocycles. The fourth-order valence-corrected chi connectivity index (χ4v) is 9.00. The van der Waals surface area contributed by atoms with Crippen LogP contribution in [0.5, 0.6) is 0 Å². The van der Waals surface area contributed by atoms with Crippen LogP contribution in [0.1, 0.15) is 73.1 Å². The maximum atomic E-state index is 15.1. The molecule has 71 heavy (non-hydrogen) atoms. The van der Waals surface area contributed by atoms with Gasteiger partial charge in [-0.3, -0.25) is 28.8 Å². The molecule has 0 aliphatic carbocycles. The number of rotatable bonds is 29. The fraction of sp³-hybridized carbons (Fsp3) is 0.400. The molecule has 2 heterocycles. The number of carbonyl (C=O) groups is 6. The van der Waals surface area contributed by atoms with Gasteiger partial charge in [0.25, 0.3) is 0 Å². The van der Waals surface area contributed by atoms with E-state index in [-0.39, 0.29) is 82.1 Å². The van der Waals surface area contributed by atoms with Crippen LogP contribution in [-0.4, -0.2) is 149 Å². The summed E-state index contributed by atoms with van der Waals surface area (Å²) in [5, 5.41) is 5.92. The number of hydrogen-bond acceptors (Lipinski definition) is 9. The number of ether oxygens (including phenoxy) is 1. The maximum Gasteiger partial charge on any atom is 0.242 e. The molecule has 1 unspecified atom stereocenters. The number of aromatic nitrogens is 2. The van der Waals surface area contributed by atoms with Gasteiger partial charge in [-0.1, -0.05) is 121 Å². The zero-order valence-corrected chi connectivity index (χ0v) is 40.9. The number of nitrogens with zero attached hydrogens (tertiary/aromatic N) is 6. The molecule has 1 atom stereocenters. The third-order valence-electron chi connectivity index (χ3n) is 12.8. The number of imidazole rings is 1. The first kappa shape index (κ1) is 53.2. The number of carbonyl (C=O) groups excluding carboxylic acids is 6. The van der Waals surface area contributed by atoms with Crippen molar-refractivity contribution < 1.29 is 33.5 Å². The highest BCUT2D eigenvalue weighted by atomic mass is 16.5. The van der Waals surface area contributed by atoms with Crippen LogP contribution in [0.2, 0.25) is 0 Å². The lowest BCUT2D eigenvalue weighted by Crippen LogP contribution is -2.52. The van der Waals surface area contributed by atoms with E-state index in [1.165, 1.54) is 21.6 Å². The summed E-state index contributed by atoms with van der Waals surface area (Å²) in [4.78, 5) is 92.0. The number of nitrogens with one attached hydrogen (secondary N) is 2. The second kappa shape index (κ2) is 28.5.